The van der Waals surface area contributed by atoms with E-state index in [1.54, 1.807) is 6.92 Å². The second-order valence-electron chi connectivity index (χ2n) is 3.45. The van der Waals surface area contributed by atoms with Gasteiger partial charge in [0.25, 0.3) is 0 Å². The van der Waals surface area contributed by atoms with E-state index in [-0.39, 0.29) is 0 Å². The zero-order chi connectivity index (χ0) is 10.0. The fourth-order valence-corrected chi connectivity index (χ4v) is 0.641. The van der Waals surface area contributed by atoms with Crippen LogP contribution in [-0.2, 0) is 0 Å². The molecule has 1 atom stereocenters. The lowest BCUT2D eigenvalue weighted by Gasteiger charge is -2.19. The van der Waals surface area contributed by atoms with Crippen molar-refractivity contribution in [2.75, 3.05) is 6.54 Å². The summed E-state index contributed by atoms with van der Waals surface area (Å²) >= 11 is 0. The minimum absolute atomic E-state index is 0.362. The van der Waals surface area contributed by atoms with Gasteiger partial charge in [0.1, 0.15) is 0 Å². The van der Waals surface area contributed by atoms with E-state index >= 15 is 0 Å². The maximum atomic E-state index is 9.20. The van der Waals surface area contributed by atoms with E-state index in [1.807, 2.05) is 6.92 Å². The van der Waals surface area contributed by atoms with E-state index in [4.69, 9.17) is 5.73 Å². The van der Waals surface area contributed by atoms with Gasteiger partial charge in [0.2, 0.25) is 0 Å². The summed E-state index contributed by atoms with van der Waals surface area (Å²) in [5, 5.41) is 9.20. The molecule has 0 aromatic heterocycles. The molecule has 0 rings (SSSR count). The summed E-state index contributed by atoms with van der Waals surface area (Å²) in [5.41, 5.74) is 4.61. The first-order valence-electron chi connectivity index (χ1n) is 4.96. The van der Waals surface area contributed by atoms with Gasteiger partial charge in [-0.15, -0.1) is 0 Å². The predicted molar refractivity (Wildman–Crippen MR) is 55.2 cm³/mol. The topological polar surface area (TPSA) is 46.2 Å². The maximum Gasteiger partial charge on any atom is 0.0741 e. The Hall–Kier alpha value is -0.0800. The highest BCUT2D eigenvalue weighted by Gasteiger charge is 2.14. The lowest BCUT2D eigenvalue weighted by atomic mass is 10.0. The Morgan fingerprint density at radius 2 is 1.50 bits per heavy atom. The summed E-state index contributed by atoms with van der Waals surface area (Å²) in [6.45, 7) is 8.52. The highest BCUT2D eigenvalue weighted by molar-refractivity contribution is 4.71. The standard InChI is InChI=1S/C6H15NO.C4H10/c1-3-4-6(2,8)5-7;1-3-4-2/h8H,3-5,7H2,1-2H3;3-4H2,1-2H3. The monoisotopic (exact) mass is 175 g/mol. The minimum atomic E-state index is -0.630. The normalized spacial score (nSPS) is 14.5. The van der Waals surface area contributed by atoms with Gasteiger partial charge in [-0.2, -0.15) is 0 Å². The smallest absolute Gasteiger partial charge is 0.0741 e. The van der Waals surface area contributed by atoms with Crippen LogP contribution in [0.4, 0.5) is 0 Å². The Morgan fingerprint density at radius 1 is 1.08 bits per heavy atom. The van der Waals surface area contributed by atoms with Crippen LogP contribution in [0.25, 0.3) is 0 Å². The molecular weight excluding hydrogens is 150 g/mol. The van der Waals surface area contributed by atoms with Crippen molar-refractivity contribution in [1.29, 1.82) is 0 Å². The largest absolute Gasteiger partial charge is 0.389 e. The van der Waals surface area contributed by atoms with Crippen molar-refractivity contribution >= 4 is 0 Å². The zero-order valence-electron chi connectivity index (χ0n) is 9.06. The van der Waals surface area contributed by atoms with Gasteiger partial charge >= 0.3 is 0 Å². The van der Waals surface area contributed by atoms with Crippen LogP contribution in [0.1, 0.15) is 53.4 Å². The van der Waals surface area contributed by atoms with E-state index in [0.717, 1.165) is 12.8 Å². The predicted octanol–water partition coefficient (Wildman–Crippen LogP) is 2.30. The molecule has 0 radical (unpaired) electrons. The fourth-order valence-electron chi connectivity index (χ4n) is 0.641. The molecule has 1 unspecified atom stereocenters. The van der Waals surface area contributed by atoms with E-state index in [1.165, 1.54) is 12.8 Å². The van der Waals surface area contributed by atoms with Crippen LogP contribution in [0.15, 0.2) is 0 Å². The molecule has 0 aromatic carbocycles. The Balaban J connectivity index is 0. The van der Waals surface area contributed by atoms with Gasteiger partial charge < -0.3 is 10.8 Å². The molecule has 0 bridgehead atoms. The number of unbranched alkanes of at least 4 members (excludes halogenated alkanes) is 1. The average Bonchev–Trinajstić information content (AvgIpc) is 2.05. The van der Waals surface area contributed by atoms with Crippen molar-refractivity contribution < 1.29 is 5.11 Å². The van der Waals surface area contributed by atoms with Crippen molar-refractivity contribution in [2.45, 2.75) is 59.0 Å². The van der Waals surface area contributed by atoms with E-state index in [2.05, 4.69) is 13.8 Å². The SMILES string of the molecule is CCCC.CCCC(C)(O)CN. The molecule has 0 heterocycles. The third-order valence-electron chi connectivity index (χ3n) is 1.73. The first kappa shape index (κ1) is 14.4. The third kappa shape index (κ3) is 12.6. The number of nitrogens with two attached hydrogens (primary N) is 1. The number of hydrogen-bond acceptors (Lipinski definition) is 2. The highest BCUT2D eigenvalue weighted by Crippen LogP contribution is 2.07. The summed E-state index contributed by atoms with van der Waals surface area (Å²) < 4.78 is 0. The Labute approximate surface area is 77.2 Å². The summed E-state index contributed by atoms with van der Waals surface area (Å²) in [7, 11) is 0. The fraction of sp³-hybridized carbons (Fsp3) is 1.00. The van der Waals surface area contributed by atoms with Gasteiger partial charge in [-0.05, 0) is 13.3 Å². The van der Waals surface area contributed by atoms with Crippen molar-refractivity contribution in [2.24, 2.45) is 5.73 Å². The molecular formula is C10H25NO. The summed E-state index contributed by atoms with van der Waals surface area (Å²) in [6.07, 6.45) is 4.42. The highest BCUT2D eigenvalue weighted by atomic mass is 16.3. The molecule has 0 aliphatic carbocycles. The molecule has 0 amide bonds. The summed E-state index contributed by atoms with van der Waals surface area (Å²) in [6, 6.07) is 0. The Bertz CT molecular complexity index is 79.9. The van der Waals surface area contributed by atoms with E-state index in [9.17, 15) is 5.11 Å². The molecule has 0 aliphatic heterocycles. The van der Waals surface area contributed by atoms with Crippen LogP contribution in [0.3, 0.4) is 0 Å². The molecule has 0 saturated heterocycles. The molecule has 2 heteroatoms. The average molecular weight is 175 g/mol. The van der Waals surface area contributed by atoms with E-state index < -0.39 is 5.60 Å². The molecule has 12 heavy (non-hydrogen) atoms. The van der Waals surface area contributed by atoms with Gasteiger partial charge in [0.05, 0.1) is 5.60 Å². The second-order valence-corrected chi connectivity index (χ2v) is 3.45. The lowest BCUT2D eigenvalue weighted by Crippen LogP contribution is -2.33. The van der Waals surface area contributed by atoms with Crippen LogP contribution in [-0.4, -0.2) is 17.3 Å². The van der Waals surface area contributed by atoms with Crippen molar-refractivity contribution in [3.8, 4) is 0 Å². The van der Waals surface area contributed by atoms with Gasteiger partial charge in [-0.3, -0.25) is 0 Å². The van der Waals surface area contributed by atoms with Gasteiger partial charge in [0, 0.05) is 6.54 Å². The first-order valence-corrected chi connectivity index (χ1v) is 4.96. The van der Waals surface area contributed by atoms with Gasteiger partial charge in [0.15, 0.2) is 0 Å². The Morgan fingerprint density at radius 3 is 1.58 bits per heavy atom. The molecule has 0 saturated carbocycles. The maximum absolute atomic E-state index is 9.20. The minimum Gasteiger partial charge on any atom is -0.389 e. The molecule has 0 spiro atoms. The van der Waals surface area contributed by atoms with Crippen LogP contribution >= 0.6 is 0 Å². The third-order valence-corrected chi connectivity index (χ3v) is 1.73. The molecule has 3 N–H and O–H groups in total. The molecule has 2 nitrogen and oxygen atoms in total. The second kappa shape index (κ2) is 9.01. The molecule has 76 valence electrons. The molecule has 0 aliphatic rings. The summed E-state index contributed by atoms with van der Waals surface area (Å²) in [4.78, 5) is 0. The van der Waals surface area contributed by atoms with Crippen molar-refractivity contribution in [1.82, 2.24) is 0 Å². The van der Waals surface area contributed by atoms with Crippen LogP contribution < -0.4 is 5.73 Å². The van der Waals surface area contributed by atoms with E-state index in [0.29, 0.717) is 6.54 Å². The van der Waals surface area contributed by atoms with Crippen molar-refractivity contribution in [3.63, 3.8) is 0 Å². The molecule has 0 fully saturated rings. The van der Waals surface area contributed by atoms with Gasteiger partial charge in [-0.1, -0.05) is 40.0 Å². The Kier molecular flexibility index (Phi) is 10.8. The zero-order valence-corrected chi connectivity index (χ0v) is 9.06. The molecule has 0 aromatic rings. The lowest BCUT2D eigenvalue weighted by molar-refractivity contribution is 0.0593. The van der Waals surface area contributed by atoms with Crippen LogP contribution in [0.5, 0.6) is 0 Å². The van der Waals surface area contributed by atoms with Crippen LogP contribution in [0, 0.1) is 0 Å². The van der Waals surface area contributed by atoms with Crippen LogP contribution in [0.2, 0.25) is 0 Å². The number of hydrogen-bond donors (Lipinski definition) is 2. The quantitative estimate of drug-likeness (QED) is 0.688. The number of aliphatic hydroxyl groups is 1. The first-order chi connectivity index (χ1) is 5.54. The van der Waals surface area contributed by atoms with Crippen molar-refractivity contribution in [3.05, 3.63) is 0 Å². The summed E-state index contributed by atoms with van der Waals surface area (Å²) in [5.74, 6) is 0. The van der Waals surface area contributed by atoms with Gasteiger partial charge in [-0.25, -0.2) is 0 Å². The number of rotatable bonds is 4.